The number of likely N-dealkylation sites (tertiary alicyclic amines) is 1. The minimum Gasteiger partial charge on any atom is -0.342 e. The largest absolute Gasteiger partial charge is 0.342 e. The second-order valence-electron chi connectivity index (χ2n) is 10.8. The molecule has 2 heterocycles. The van der Waals surface area contributed by atoms with Crippen molar-refractivity contribution in [3.63, 3.8) is 0 Å². The number of piperidine rings is 1. The molecule has 2 aliphatic rings. The lowest BCUT2D eigenvalue weighted by atomic mass is 9.79. The van der Waals surface area contributed by atoms with Gasteiger partial charge in [-0.25, -0.2) is 0 Å². The van der Waals surface area contributed by atoms with Gasteiger partial charge in [0.05, 0.1) is 6.04 Å². The van der Waals surface area contributed by atoms with E-state index < -0.39 is 11.6 Å². The van der Waals surface area contributed by atoms with Crippen molar-refractivity contribution in [1.82, 2.24) is 15.1 Å². The van der Waals surface area contributed by atoms with Gasteiger partial charge in [-0.15, -0.1) is 0 Å². The fourth-order valence-electron chi connectivity index (χ4n) is 5.84. The maximum atomic E-state index is 13.8. The van der Waals surface area contributed by atoms with E-state index in [4.69, 9.17) is 0 Å². The maximum absolute atomic E-state index is 13.8. The highest BCUT2D eigenvalue weighted by molar-refractivity contribution is 6.00. The molecule has 2 amide bonds. The summed E-state index contributed by atoms with van der Waals surface area (Å²) in [7, 11) is 0. The predicted octanol–water partition coefficient (Wildman–Crippen LogP) is 4.98. The van der Waals surface area contributed by atoms with Gasteiger partial charge in [0, 0.05) is 13.1 Å². The van der Waals surface area contributed by atoms with Gasteiger partial charge in [0.25, 0.3) is 0 Å². The van der Waals surface area contributed by atoms with Crippen molar-refractivity contribution in [3.05, 3.63) is 71.8 Å². The Bertz CT molecular complexity index is 968. The number of nitrogens with one attached hydrogen (secondary N) is 1. The summed E-state index contributed by atoms with van der Waals surface area (Å²) >= 11 is 0. The summed E-state index contributed by atoms with van der Waals surface area (Å²) in [6.07, 6.45) is 5.47. The third-order valence-electron chi connectivity index (χ3n) is 7.82. The molecule has 0 aliphatic carbocycles. The Balaban J connectivity index is 1.44. The molecule has 0 saturated carbocycles. The molecule has 4 rings (SSSR count). The molecule has 5 nitrogen and oxygen atoms in total. The first kappa shape index (κ1) is 25.4. The lowest BCUT2D eigenvalue weighted by Gasteiger charge is -2.54. The van der Waals surface area contributed by atoms with Crippen molar-refractivity contribution in [2.24, 2.45) is 5.92 Å². The molecule has 2 aliphatic heterocycles. The predicted molar refractivity (Wildman–Crippen MR) is 141 cm³/mol. The van der Waals surface area contributed by atoms with E-state index in [-0.39, 0.29) is 17.9 Å². The van der Waals surface area contributed by atoms with Gasteiger partial charge >= 0.3 is 0 Å². The number of aryl methyl sites for hydroxylation is 1. The van der Waals surface area contributed by atoms with Crippen molar-refractivity contribution < 1.29 is 9.59 Å². The molecule has 2 fully saturated rings. The molecule has 2 atom stereocenters. The number of unbranched alkanes of at least 4 members (excludes halogenated alkanes) is 1. The van der Waals surface area contributed by atoms with Crippen molar-refractivity contribution in [2.45, 2.75) is 76.9 Å². The second kappa shape index (κ2) is 11.4. The first-order valence-corrected chi connectivity index (χ1v) is 13.4. The lowest BCUT2D eigenvalue weighted by Crippen LogP contribution is -2.73. The zero-order chi connectivity index (χ0) is 24.8. The molecule has 188 valence electrons. The molecule has 2 saturated heterocycles. The molecular weight excluding hydrogens is 434 g/mol. The van der Waals surface area contributed by atoms with Gasteiger partial charge in [0.15, 0.2) is 0 Å². The van der Waals surface area contributed by atoms with Gasteiger partial charge in [-0.2, -0.15) is 0 Å². The van der Waals surface area contributed by atoms with E-state index in [1.807, 2.05) is 23.1 Å². The number of carbonyl (C=O) groups is 2. The van der Waals surface area contributed by atoms with Gasteiger partial charge in [0.1, 0.15) is 11.6 Å². The Kier molecular flexibility index (Phi) is 8.27. The minimum atomic E-state index is -0.764. The highest BCUT2D eigenvalue weighted by atomic mass is 16.2. The highest BCUT2D eigenvalue weighted by Gasteiger charge is 2.55. The van der Waals surface area contributed by atoms with E-state index >= 15 is 0 Å². The van der Waals surface area contributed by atoms with Crippen LogP contribution in [0.3, 0.4) is 0 Å². The molecule has 0 aromatic heterocycles. The molecule has 0 radical (unpaired) electrons. The fraction of sp³-hybridized carbons (Fsp3) is 0.533. The average Bonchev–Trinajstić information content (AvgIpc) is 2.87. The zero-order valence-electron chi connectivity index (χ0n) is 21.6. The average molecular weight is 476 g/mol. The van der Waals surface area contributed by atoms with Crippen molar-refractivity contribution in [3.8, 4) is 0 Å². The van der Waals surface area contributed by atoms with Crippen LogP contribution in [0.1, 0.15) is 70.0 Å². The van der Waals surface area contributed by atoms with Crippen molar-refractivity contribution in [2.75, 3.05) is 19.6 Å². The number of piperazine rings is 1. The van der Waals surface area contributed by atoms with Gasteiger partial charge < -0.3 is 15.1 Å². The number of hydrogen-bond donors (Lipinski definition) is 1. The summed E-state index contributed by atoms with van der Waals surface area (Å²) in [5.41, 5.74) is 1.71. The minimum absolute atomic E-state index is 0.0364. The molecular formula is C30H41N3O2. The van der Waals surface area contributed by atoms with Crippen LogP contribution in [0.5, 0.6) is 0 Å². The quantitative estimate of drug-likeness (QED) is 0.521. The molecule has 1 spiro atoms. The molecule has 2 aromatic rings. The SMILES string of the molecule is CC(C)C[C@@H]1NC(=O)C2(CCN(CCCCc3ccccc3)CC2)N(C(C)c2ccccc2)C1=O. The number of amides is 2. The van der Waals surface area contributed by atoms with Gasteiger partial charge in [-0.05, 0) is 69.0 Å². The van der Waals surface area contributed by atoms with Crippen LogP contribution in [-0.4, -0.2) is 52.8 Å². The highest BCUT2D eigenvalue weighted by Crippen LogP contribution is 2.39. The molecule has 2 aromatic carbocycles. The number of hydrogen-bond acceptors (Lipinski definition) is 3. The Morgan fingerprint density at radius 2 is 1.54 bits per heavy atom. The van der Waals surface area contributed by atoms with E-state index in [2.05, 4.69) is 73.5 Å². The first-order valence-electron chi connectivity index (χ1n) is 13.4. The van der Waals surface area contributed by atoms with Crippen LogP contribution in [0.4, 0.5) is 0 Å². The number of carbonyl (C=O) groups excluding carboxylic acids is 2. The van der Waals surface area contributed by atoms with Crippen LogP contribution in [0, 0.1) is 5.92 Å². The molecule has 5 heteroatoms. The fourth-order valence-corrected chi connectivity index (χ4v) is 5.84. The molecule has 0 bridgehead atoms. The Morgan fingerprint density at radius 1 is 0.914 bits per heavy atom. The monoisotopic (exact) mass is 475 g/mol. The molecule has 35 heavy (non-hydrogen) atoms. The van der Waals surface area contributed by atoms with Crippen LogP contribution in [-0.2, 0) is 16.0 Å². The summed E-state index contributed by atoms with van der Waals surface area (Å²) in [4.78, 5) is 31.9. The Hall–Kier alpha value is -2.66. The van der Waals surface area contributed by atoms with E-state index in [1.54, 1.807) is 0 Å². The third-order valence-corrected chi connectivity index (χ3v) is 7.82. The third kappa shape index (κ3) is 5.78. The van der Waals surface area contributed by atoms with Crippen LogP contribution in [0.15, 0.2) is 60.7 Å². The standard InChI is InChI=1S/C30H41N3O2/c1-23(2)22-27-28(34)33(24(3)26-15-8-5-9-16-26)30(29(35)31-27)17-20-32(21-18-30)19-11-10-14-25-12-6-4-7-13-25/h4-9,12-13,15-16,23-24,27H,10-11,14,17-22H2,1-3H3,(H,31,35)/t24?,27-/m0/s1. The smallest absolute Gasteiger partial charge is 0.246 e. The zero-order valence-corrected chi connectivity index (χ0v) is 21.6. The van der Waals surface area contributed by atoms with Crippen LogP contribution in [0.2, 0.25) is 0 Å². The Morgan fingerprint density at radius 3 is 2.17 bits per heavy atom. The summed E-state index contributed by atoms with van der Waals surface area (Å²) < 4.78 is 0. The summed E-state index contributed by atoms with van der Waals surface area (Å²) in [5.74, 6) is 0.449. The first-order chi connectivity index (χ1) is 16.9. The molecule has 1 unspecified atom stereocenters. The summed E-state index contributed by atoms with van der Waals surface area (Å²) in [6, 6.07) is 20.2. The van der Waals surface area contributed by atoms with E-state index in [0.29, 0.717) is 25.2 Å². The van der Waals surface area contributed by atoms with Gasteiger partial charge in [-0.3, -0.25) is 9.59 Å². The summed E-state index contributed by atoms with van der Waals surface area (Å²) in [5, 5.41) is 3.13. The van der Waals surface area contributed by atoms with E-state index in [1.165, 1.54) is 12.0 Å². The normalized spacial score (nSPS) is 21.4. The van der Waals surface area contributed by atoms with Gasteiger partial charge in [-0.1, -0.05) is 74.5 Å². The number of benzene rings is 2. The number of rotatable bonds is 9. The van der Waals surface area contributed by atoms with Crippen molar-refractivity contribution in [1.29, 1.82) is 0 Å². The second-order valence-corrected chi connectivity index (χ2v) is 10.8. The number of nitrogens with zero attached hydrogens (tertiary/aromatic N) is 2. The maximum Gasteiger partial charge on any atom is 0.246 e. The van der Waals surface area contributed by atoms with Crippen LogP contribution < -0.4 is 5.32 Å². The van der Waals surface area contributed by atoms with Crippen LogP contribution in [0.25, 0.3) is 0 Å². The topological polar surface area (TPSA) is 52.7 Å². The van der Waals surface area contributed by atoms with E-state index in [9.17, 15) is 9.59 Å². The van der Waals surface area contributed by atoms with Crippen molar-refractivity contribution >= 4 is 11.8 Å². The lowest BCUT2D eigenvalue weighted by molar-refractivity contribution is -0.165. The van der Waals surface area contributed by atoms with Crippen LogP contribution >= 0.6 is 0 Å². The molecule has 1 N–H and O–H groups in total. The summed E-state index contributed by atoms with van der Waals surface area (Å²) in [6.45, 7) is 9.02. The Labute approximate surface area is 210 Å². The van der Waals surface area contributed by atoms with E-state index in [0.717, 1.165) is 38.0 Å². The van der Waals surface area contributed by atoms with Gasteiger partial charge in [0.2, 0.25) is 11.8 Å².